The van der Waals surface area contributed by atoms with Crippen LogP contribution in [-0.4, -0.2) is 40.4 Å². The molecule has 0 fully saturated rings. The number of anilines is 1. The largest absolute Gasteiger partial charge is 0.495 e. The van der Waals surface area contributed by atoms with Crippen LogP contribution in [0.3, 0.4) is 0 Å². The number of aryl methyl sites for hydroxylation is 1. The van der Waals surface area contributed by atoms with E-state index in [1.165, 1.54) is 25.3 Å². The second-order valence-corrected chi connectivity index (χ2v) is 9.98. The maximum absolute atomic E-state index is 12.9. The van der Waals surface area contributed by atoms with Crippen molar-refractivity contribution in [2.75, 3.05) is 18.1 Å². The zero-order valence-corrected chi connectivity index (χ0v) is 17.6. The van der Waals surface area contributed by atoms with Gasteiger partial charge in [0.25, 0.3) is 10.0 Å². The number of sulfonamides is 1. The van der Waals surface area contributed by atoms with Crippen LogP contribution in [0.25, 0.3) is 11.3 Å². The molecule has 10 heteroatoms. The molecule has 1 heterocycles. The van der Waals surface area contributed by atoms with E-state index in [1.54, 1.807) is 43.3 Å². The summed E-state index contributed by atoms with van der Waals surface area (Å²) in [5, 5.41) is 7.51. The molecule has 0 aliphatic rings. The van der Waals surface area contributed by atoms with Gasteiger partial charge in [-0.3, -0.25) is 4.72 Å². The van der Waals surface area contributed by atoms with Crippen LogP contribution in [0.2, 0.25) is 0 Å². The van der Waals surface area contributed by atoms with E-state index < -0.39 is 19.9 Å². The minimum atomic E-state index is -3.89. The van der Waals surface area contributed by atoms with Gasteiger partial charge >= 0.3 is 0 Å². The second-order valence-electron chi connectivity index (χ2n) is 6.37. The Hall–Kier alpha value is -2.98. The zero-order chi connectivity index (χ0) is 21.2. The molecule has 0 saturated heterocycles. The number of methoxy groups -OCH3 is 1. The van der Waals surface area contributed by atoms with Gasteiger partial charge in [-0.25, -0.2) is 16.8 Å². The third-order valence-corrected chi connectivity index (χ3v) is 6.42. The maximum Gasteiger partial charge on any atom is 0.265 e. The highest BCUT2D eigenvalue weighted by Crippen LogP contribution is 2.28. The molecule has 0 atom stereocenters. The van der Waals surface area contributed by atoms with Crippen molar-refractivity contribution in [3.05, 3.63) is 60.2 Å². The van der Waals surface area contributed by atoms with Gasteiger partial charge < -0.3 is 4.74 Å². The summed E-state index contributed by atoms with van der Waals surface area (Å²) >= 11 is 0. The van der Waals surface area contributed by atoms with Crippen molar-refractivity contribution >= 4 is 25.5 Å². The van der Waals surface area contributed by atoms with Crippen molar-refractivity contribution < 1.29 is 21.6 Å². The summed E-state index contributed by atoms with van der Waals surface area (Å²) in [6.45, 7) is 1.79. The molecular formula is C19H19N3O5S2. The number of nitrogens with zero attached hydrogens (tertiary/aromatic N) is 2. The number of rotatable bonds is 6. The van der Waals surface area contributed by atoms with Crippen molar-refractivity contribution in [1.29, 1.82) is 0 Å². The summed E-state index contributed by atoms with van der Waals surface area (Å²) < 4.78 is 56.4. The lowest BCUT2D eigenvalue weighted by Crippen LogP contribution is -2.14. The minimum Gasteiger partial charge on any atom is -0.495 e. The van der Waals surface area contributed by atoms with Crippen molar-refractivity contribution in [3.63, 3.8) is 0 Å². The van der Waals surface area contributed by atoms with Gasteiger partial charge in [0.15, 0.2) is 14.9 Å². The van der Waals surface area contributed by atoms with Gasteiger partial charge in [0.05, 0.1) is 12.8 Å². The summed E-state index contributed by atoms with van der Waals surface area (Å²) in [6, 6.07) is 14.3. The fourth-order valence-electron chi connectivity index (χ4n) is 2.62. The SMILES string of the molecule is COc1ccc(C)cc1S(=O)(=O)Nc1cccc(-c2ccc(S(C)(=O)=O)nn2)c1. The fourth-order valence-corrected chi connectivity index (χ4v) is 4.43. The van der Waals surface area contributed by atoms with Gasteiger partial charge in [0.1, 0.15) is 10.6 Å². The molecular weight excluding hydrogens is 414 g/mol. The molecule has 1 N–H and O–H groups in total. The average molecular weight is 434 g/mol. The number of aromatic nitrogens is 2. The molecule has 0 amide bonds. The molecule has 0 aliphatic heterocycles. The van der Waals surface area contributed by atoms with Gasteiger partial charge in [-0.15, -0.1) is 10.2 Å². The minimum absolute atomic E-state index is 0.0303. The van der Waals surface area contributed by atoms with Crippen LogP contribution in [0, 0.1) is 6.92 Å². The number of nitrogens with one attached hydrogen (secondary N) is 1. The molecule has 0 saturated carbocycles. The molecule has 152 valence electrons. The smallest absolute Gasteiger partial charge is 0.265 e. The van der Waals surface area contributed by atoms with E-state index in [0.717, 1.165) is 11.8 Å². The van der Waals surface area contributed by atoms with Crippen LogP contribution < -0.4 is 9.46 Å². The molecule has 0 unspecified atom stereocenters. The first-order valence-corrected chi connectivity index (χ1v) is 11.8. The zero-order valence-electron chi connectivity index (χ0n) is 15.9. The first kappa shape index (κ1) is 20.7. The number of hydrogen-bond donors (Lipinski definition) is 1. The topological polar surface area (TPSA) is 115 Å². The summed E-state index contributed by atoms with van der Waals surface area (Å²) in [7, 11) is -5.94. The molecule has 29 heavy (non-hydrogen) atoms. The molecule has 3 aromatic rings. The molecule has 8 nitrogen and oxygen atoms in total. The first-order chi connectivity index (χ1) is 13.6. The van der Waals surface area contributed by atoms with Crippen LogP contribution in [0.15, 0.2) is 64.5 Å². The van der Waals surface area contributed by atoms with E-state index in [9.17, 15) is 16.8 Å². The van der Waals surface area contributed by atoms with E-state index in [4.69, 9.17) is 4.74 Å². The Bertz CT molecular complexity index is 1260. The van der Waals surface area contributed by atoms with Gasteiger partial charge in [0.2, 0.25) is 0 Å². The predicted octanol–water partition coefficient (Wildman–Crippen LogP) is 2.66. The van der Waals surface area contributed by atoms with Crippen LogP contribution in [0.4, 0.5) is 5.69 Å². The van der Waals surface area contributed by atoms with Crippen LogP contribution >= 0.6 is 0 Å². The lowest BCUT2D eigenvalue weighted by molar-refractivity contribution is 0.402. The van der Waals surface area contributed by atoms with Crippen LogP contribution in [-0.2, 0) is 19.9 Å². The molecule has 3 rings (SSSR count). The Kier molecular flexibility index (Phi) is 5.58. The highest BCUT2D eigenvalue weighted by molar-refractivity contribution is 7.92. The average Bonchev–Trinajstić information content (AvgIpc) is 2.67. The maximum atomic E-state index is 12.9. The summed E-state index contributed by atoms with van der Waals surface area (Å²) in [4.78, 5) is 0.0303. The normalized spacial score (nSPS) is 11.8. The highest BCUT2D eigenvalue weighted by Gasteiger charge is 2.20. The standard InChI is InChI=1S/C19H19N3O5S2/c1-13-7-9-17(27-2)18(11-13)29(25,26)22-15-6-4-5-14(12-15)16-8-10-19(21-20-16)28(3,23)24/h4-12,22H,1-3H3. The second kappa shape index (κ2) is 7.80. The van der Waals surface area contributed by atoms with E-state index >= 15 is 0 Å². The van der Waals surface area contributed by atoms with Gasteiger partial charge in [-0.05, 0) is 48.9 Å². The Balaban J connectivity index is 1.93. The molecule has 0 bridgehead atoms. The van der Waals surface area contributed by atoms with Crippen molar-refractivity contribution in [3.8, 4) is 17.0 Å². The summed E-state index contributed by atoms with van der Waals surface area (Å²) in [6.07, 6.45) is 1.05. The predicted molar refractivity (Wildman–Crippen MR) is 109 cm³/mol. The van der Waals surface area contributed by atoms with Gasteiger partial charge in [0, 0.05) is 17.5 Å². The van der Waals surface area contributed by atoms with Gasteiger partial charge in [-0.1, -0.05) is 18.2 Å². The van der Waals surface area contributed by atoms with Crippen LogP contribution in [0.1, 0.15) is 5.56 Å². The lowest BCUT2D eigenvalue weighted by Gasteiger charge is -2.13. The molecule has 2 aromatic carbocycles. The molecule has 0 aliphatic carbocycles. The monoisotopic (exact) mass is 433 g/mol. The van der Waals surface area contributed by atoms with E-state index in [0.29, 0.717) is 16.9 Å². The lowest BCUT2D eigenvalue weighted by atomic mass is 10.1. The third-order valence-electron chi connectivity index (χ3n) is 4.04. The quantitative estimate of drug-likeness (QED) is 0.635. The Morgan fingerprint density at radius 1 is 0.931 bits per heavy atom. The van der Waals surface area contributed by atoms with E-state index in [-0.39, 0.29) is 15.7 Å². The summed E-state index contributed by atoms with van der Waals surface area (Å²) in [5.41, 5.74) is 2.08. The number of hydrogen-bond acceptors (Lipinski definition) is 7. The Morgan fingerprint density at radius 3 is 2.31 bits per heavy atom. The molecule has 1 aromatic heterocycles. The van der Waals surface area contributed by atoms with Gasteiger partial charge in [-0.2, -0.15) is 0 Å². The third kappa shape index (κ3) is 4.72. The van der Waals surface area contributed by atoms with E-state index in [2.05, 4.69) is 14.9 Å². The molecule has 0 radical (unpaired) electrons. The Morgan fingerprint density at radius 2 is 1.69 bits per heavy atom. The van der Waals surface area contributed by atoms with E-state index in [1.807, 2.05) is 0 Å². The Labute approximate surface area is 169 Å². The van der Waals surface area contributed by atoms with Crippen molar-refractivity contribution in [2.45, 2.75) is 16.8 Å². The number of benzene rings is 2. The van der Waals surface area contributed by atoms with Crippen LogP contribution in [0.5, 0.6) is 5.75 Å². The van der Waals surface area contributed by atoms with Crippen molar-refractivity contribution in [2.24, 2.45) is 0 Å². The molecule has 0 spiro atoms. The number of sulfone groups is 1. The highest BCUT2D eigenvalue weighted by atomic mass is 32.2. The summed E-state index contributed by atoms with van der Waals surface area (Å²) in [5.74, 6) is 0.237. The van der Waals surface area contributed by atoms with Crippen molar-refractivity contribution in [1.82, 2.24) is 10.2 Å². The first-order valence-electron chi connectivity index (χ1n) is 8.42. The number of ether oxygens (including phenoxy) is 1. The fraction of sp³-hybridized carbons (Fsp3) is 0.158.